The molecule has 32 heavy (non-hydrogen) atoms. The highest BCUT2D eigenvalue weighted by Crippen LogP contribution is 2.32. The van der Waals surface area contributed by atoms with E-state index < -0.39 is 5.60 Å². The van der Waals surface area contributed by atoms with Crippen LogP contribution in [0.1, 0.15) is 46.5 Å². The predicted octanol–water partition coefficient (Wildman–Crippen LogP) is 3.77. The Kier molecular flexibility index (Phi) is 10.3. The van der Waals surface area contributed by atoms with Crippen molar-refractivity contribution in [2.45, 2.75) is 58.1 Å². The zero-order valence-corrected chi connectivity index (χ0v) is 22.1. The molecule has 1 saturated carbocycles. The molecule has 2 fully saturated rings. The van der Waals surface area contributed by atoms with Gasteiger partial charge in [0.25, 0.3) is 0 Å². The van der Waals surface area contributed by atoms with E-state index in [9.17, 15) is 4.79 Å². The van der Waals surface area contributed by atoms with Crippen LogP contribution in [0.5, 0.6) is 5.75 Å². The molecular formula is C23H38IN5O3. The maximum absolute atomic E-state index is 12.8. The number of hydrogen-bond acceptors (Lipinski definition) is 5. The van der Waals surface area contributed by atoms with Gasteiger partial charge in [0.2, 0.25) is 0 Å². The number of nitrogens with one attached hydrogen (secondary N) is 1. The van der Waals surface area contributed by atoms with E-state index in [4.69, 9.17) is 9.47 Å². The van der Waals surface area contributed by atoms with Crippen LogP contribution < -0.4 is 10.1 Å². The second-order valence-electron chi connectivity index (χ2n) is 9.31. The van der Waals surface area contributed by atoms with Crippen molar-refractivity contribution >= 4 is 36.0 Å². The van der Waals surface area contributed by atoms with E-state index in [2.05, 4.69) is 20.2 Å². The highest BCUT2D eigenvalue weighted by molar-refractivity contribution is 14.0. The van der Waals surface area contributed by atoms with Crippen LogP contribution in [0.25, 0.3) is 0 Å². The number of carbonyl (C=O) groups is 1. The van der Waals surface area contributed by atoms with Gasteiger partial charge in [0.05, 0.1) is 12.7 Å². The molecule has 2 heterocycles. The van der Waals surface area contributed by atoms with Crippen LogP contribution in [0.3, 0.4) is 0 Å². The first-order valence-corrected chi connectivity index (χ1v) is 11.3. The van der Waals surface area contributed by atoms with Gasteiger partial charge in [0.15, 0.2) is 5.96 Å². The minimum atomic E-state index is -0.469. The molecule has 1 N–H and O–H groups in total. The quantitative estimate of drug-likeness (QED) is 0.237. The summed E-state index contributed by atoms with van der Waals surface area (Å²) >= 11 is 0. The van der Waals surface area contributed by atoms with Crippen LogP contribution in [0, 0.1) is 5.92 Å². The van der Waals surface area contributed by atoms with E-state index >= 15 is 0 Å². The second-order valence-corrected chi connectivity index (χ2v) is 9.31. The Labute approximate surface area is 209 Å². The Morgan fingerprint density at radius 1 is 1.28 bits per heavy atom. The van der Waals surface area contributed by atoms with Crippen molar-refractivity contribution in [3.63, 3.8) is 0 Å². The second kappa shape index (κ2) is 12.5. The molecule has 1 aliphatic carbocycles. The zero-order chi connectivity index (χ0) is 22.3. The molecule has 0 atom stereocenters. The number of pyridine rings is 1. The molecule has 2 aliphatic rings. The van der Waals surface area contributed by atoms with Crippen LogP contribution in [0.4, 0.5) is 4.79 Å². The minimum Gasteiger partial charge on any atom is -0.490 e. The van der Waals surface area contributed by atoms with Crippen molar-refractivity contribution in [2.75, 3.05) is 39.8 Å². The van der Waals surface area contributed by atoms with Crippen molar-refractivity contribution in [1.82, 2.24) is 20.1 Å². The number of aromatic nitrogens is 1. The fraction of sp³-hybridized carbons (Fsp3) is 0.696. The van der Waals surface area contributed by atoms with Gasteiger partial charge < -0.3 is 24.6 Å². The summed E-state index contributed by atoms with van der Waals surface area (Å²) in [6.45, 7) is 9.51. The predicted molar refractivity (Wildman–Crippen MR) is 137 cm³/mol. The molecule has 1 aromatic heterocycles. The molecular weight excluding hydrogens is 521 g/mol. The zero-order valence-electron chi connectivity index (χ0n) is 19.7. The minimum absolute atomic E-state index is 0. The van der Waals surface area contributed by atoms with Crippen LogP contribution in [0.2, 0.25) is 0 Å². The summed E-state index contributed by atoms with van der Waals surface area (Å²) in [7, 11) is 1.80. The number of aliphatic imine (C=N–C) groups is 1. The number of amides is 1. The summed E-state index contributed by atoms with van der Waals surface area (Å²) in [4.78, 5) is 25.5. The number of carbonyl (C=O) groups excluding carboxylic acids is 1. The molecule has 180 valence electrons. The average molecular weight is 559 g/mol. The van der Waals surface area contributed by atoms with Crippen LogP contribution in [-0.4, -0.2) is 78.3 Å². The number of nitrogens with zero attached hydrogens (tertiary/aromatic N) is 4. The summed E-state index contributed by atoms with van der Waals surface area (Å²) in [5, 5.41) is 3.37. The lowest BCUT2D eigenvalue weighted by molar-refractivity contribution is 0.00928. The molecule has 0 radical (unpaired) electrons. The van der Waals surface area contributed by atoms with Gasteiger partial charge in [-0.1, -0.05) is 0 Å². The van der Waals surface area contributed by atoms with Crippen molar-refractivity contribution in [3.05, 3.63) is 24.5 Å². The molecule has 9 heteroatoms. The monoisotopic (exact) mass is 559 g/mol. The van der Waals surface area contributed by atoms with Gasteiger partial charge in [-0.3, -0.25) is 9.98 Å². The van der Waals surface area contributed by atoms with E-state index in [1.165, 1.54) is 12.8 Å². The smallest absolute Gasteiger partial charge is 0.410 e. The SMILES string of the molecule is CN=C(NCCOc1cccnc1)N1CCC(N(CC2CC2)C(=O)OC(C)(C)C)CC1.I. The lowest BCUT2D eigenvalue weighted by atomic mass is 10.0. The van der Waals surface area contributed by atoms with Crippen molar-refractivity contribution in [3.8, 4) is 5.75 Å². The third kappa shape index (κ3) is 8.63. The van der Waals surface area contributed by atoms with Gasteiger partial charge in [-0.2, -0.15) is 0 Å². The summed E-state index contributed by atoms with van der Waals surface area (Å²) in [5.74, 6) is 2.28. The number of guanidine groups is 1. The Morgan fingerprint density at radius 2 is 2.00 bits per heavy atom. The normalized spacial score (nSPS) is 17.4. The largest absolute Gasteiger partial charge is 0.490 e. The van der Waals surface area contributed by atoms with E-state index in [0.717, 1.165) is 44.2 Å². The maximum atomic E-state index is 12.8. The van der Waals surface area contributed by atoms with Crippen molar-refractivity contribution in [2.24, 2.45) is 10.9 Å². The molecule has 0 unspecified atom stereocenters. The summed E-state index contributed by atoms with van der Waals surface area (Å²) in [6.07, 6.45) is 7.53. The summed E-state index contributed by atoms with van der Waals surface area (Å²) < 4.78 is 11.4. The maximum Gasteiger partial charge on any atom is 0.410 e. The Morgan fingerprint density at radius 3 is 2.56 bits per heavy atom. The number of halogens is 1. The van der Waals surface area contributed by atoms with Gasteiger partial charge in [0, 0.05) is 38.9 Å². The first-order valence-electron chi connectivity index (χ1n) is 11.3. The Hall–Kier alpha value is -1.78. The molecule has 3 rings (SSSR count). The van der Waals surface area contributed by atoms with E-state index in [-0.39, 0.29) is 36.1 Å². The topological polar surface area (TPSA) is 79.3 Å². The van der Waals surface area contributed by atoms with Gasteiger partial charge >= 0.3 is 6.09 Å². The Bertz CT molecular complexity index is 729. The number of ether oxygens (including phenoxy) is 2. The van der Waals surface area contributed by atoms with E-state index in [1.54, 1.807) is 19.4 Å². The molecule has 0 bridgehead atoms. The number of likely N-dealkylation sites (tertiary alicyclic amines) is 1. The van der Waals surface area contributed by atoms with Crippen molar-refractivity contribution < 1.29 is 14.3 Å². The van der Waals surface area contributed by atoms with Gasteiger partial charge in [-0.25, -0.2) is 4.79 Å². The standard InChI is InChI=1S/C23H37N5O3.HI/c1-23(2,3)31-22(29)28(17-18-7-8-18)19-9-13-27(14-10-19)21(24-4)26-12-15-30-20-6-5-11-25-16-20;/h5-6,11,16,18-19H,7-10,12-15,17H2,1-4H3,(H,24,26);1H. The molecule has 1 aliphatic heterocycles. The highest BCUT2D eigenvalue weighted by Gasteiger charge is 2.35. The van der Waals surface area contributed by atoms with Gasteiger partial charge in [-0.15, -0.1) is 24.0 Å². The molecule has 1 aromatic rings. The van der Waals surface area contributed by atoms with E-state index in [0.29, 0.717) is 19.1 Å². The number of piperidine rings is 1. The van der Waals surface area contributed by atoms with Crippen LogP contribution in [-0.2, 0) is 4.74 Å². The molecule has 0 aromatic carbocycles. The van der Waals surface area contributed by atoms with Crippen molar-refractivity contribution in [1.29, 1.82) is 0 Å². The van der Waals surface area contributed by atoms with Gasteiger partial charge in [-0.05, 0) is 64.5 Å². The van der Waals surface area contributed by atoms with Gasteiger partial charge in [0.1, 0.15) is 18.0 Å². The molecule has 8 nitrogen and oxygen atoms in total. The number of rotatable bonds is 7. The molecule has 0 spiro atoms. The number of hydrogen-bond donors (Lipinski definition) is 1. The first-order chi connectivity index (χ1) is 14.9. The molecule has 1 amide bonds. The summed E-state index contributed by atoms with van der Waals surface area (Å²) in [5.41, 5.74) is -0.469. The first kappa shape index (κ1) is 26.5. The highest BCUT2D eigenvalue weighted by atomic mass is 127. The third-order valence-corrected chi connectivity index (χ3v) is 5.48. The average Bonchev–Trinajstić information content (AvgIpc) is 3.56. The molecule has 1 saturated heterocycles. The fourth-order valence-corrected chi connectivity index (χ4v) is 3.76. The van der Waals surface area contributed by atoms with Crippen LogP contribution in [0.15, 0.2) is 29.5 Å². The lowest BCUT2D eigenvalue weighted by Crippen LogP contribution is -2.53. The van der Waals surface area contributed by atoms with Crippen LogP contribution >= 0.6 is 24.0 Å². The Balaban J connectivity index is 0.00000363. The third-order valence-electron chi connectivity index (χ3n) is 5.48. The summed E-state index contributed by atoms with van der Waals surface area (Å²) in [6, 6.07) is 3.97. The fourth-order valence-electron chi connectivity index (χ4n) is 3.76. The lowest BCUT2D eigenvalue weighted by Gasteiger charge is -2.40. The van der Waals surface area contributed by atoms with E-state index in [1.807, 2.05) is 37.8 Å².